The highest BCUT2D eigenvalue weighted by molar-refractivity contribution is 8.01. The number of rotatable bonds is 2. The highest BCUT2D eigenvalue weighted by Gasteiger charge is 1.96. The van der Waals surface area contributed by atoms with Crippen LogP contribution in [0.1, 0.15) is 12.8 Å². The fourth-order valence-corrected chi connectivity index (χ4v) is 1.25. The molecular weight excluding hydrogens is 130 g/mol. The lowest BCUT2D eigenvalue weighted by atomic mass is 10.2. The molecule has 0 heterocycles. The van der Waals surface area contributed by atoms with Crippen LogP contribution in [0.2, 0.25) is 0 Å². The normalized spacial score (nSPS) is 17.1. The van der Waals surface area contributed by atoms with E-state index in [9.17, 15) is 0 Å². The SMILES string of the molecule is C=NSC1=CC=CCC1. The lowest BCUT2D eigenvalue weighted by Crippen LogP contribution is -1.79. The monoisotopic (exact) mass is 139 g/mol. The quantitative estimate of drug-likeness (QED) is 0.423. The van der Waals surface area contributed by atoms with E-state index in [1.54, 1.807) is 0 Å². The summed E-state index contributed by atoms with van der Waals surface area (Å²) in [4.78, 5) is 1.31. The van der Waals surface area contributed by atoms with E-state index < -0.39 is 0 Å². The van der Waals surface area contributed by atoms with Crippen LogP contribution in [0.4, 0.5) is 0 Å². The molecule has 0 saturated carbocycles. The van der Waals surface area contributed by atoms with E-state index in [4.69, 9.17) is 0 Å². The van der Waals surface area contributed by atoms with Crippen LogP contribution in [0.25, 0.3) is 0 Å². The maximum Gasteiger partial charge on any atom is 0.00833 e. The molecule has 0 amide bonds. The third-order valence-electron chi connectivity index (χ3n) is 1.16. The number of hydrogen-bond acceptors (Lipinski definition) is 2. The van der Waals surface area contributed by atoms with E-state index in [1.165, 1.54) is 16.9 Å². The van der Waals surface area contributed by atoms with Crippen molar-refractivity contribution in [1.29, 1.82) is 0 Å². The number of hydrogen-bond donors (Lipinski definition) is 0. The van der Waals surface area contributed by atoms with E-state index in [1.807, 2.05) is 0 Å². The van der Waals surface area contributed by atoms with Crippen molar-refractivity contribution in [3.05, 3.63) is 23.1 Å². The third-order valence-corrected chi connectivity index (χ3v) is 1.86. The summed E-state index contributed by atoms with van der Waals surface area (Å²) in [6.07, 6.45) is 8.58. The average Bonchev–Trinajstić information content (AvgIpc) is 1.91. The molecule has 1 rings (SSSR count). The molecule has 0 aromatic heterocycles. The first-order chi connectivity index (χ1) is 4.43. The molecule has 0 fully saturated rings. The molecule has 0 bridgehead atoms. The molecule has 9 heavy (non-hydrogen) atoms. The van der Waals surface area contributed by atoms with Gasteiger partial charge in [-0.05, 0) is 19.6 Å². The standard InChI is InChI=1S/C7H9NS/c1-8-9-7-5-3-2-4-6-7/h2-3,5H,1,4,6H2. The van der Waals surface area contributed by atoms with Crippen LogP contribution < -0.4 is 0 Å². The molecule has 0 saturated heterocycles. The molecule has 0 radical (unpaired) electrons. The van der Waals surface area contributed by atoms with Crippen molar-refractivity contribution in [1.82, 2.24) is 0 Å². The Hall–Kier alpha value is -0.500. The second-order valence-corrected chi connectivity index (χ2v) is 2.79. The summed E-state index contributed by atoms with van der Waals surface area (Å²) >= 11 is 1.48. The summed E-state index contributed by atoms with van der Waals surface area (Å²) in [5, 5.41) is 0. The summed E-state index contributed by atoms with van der Waals surface area (Å²) in [7, 11) is 0. The average molecular weight is 139 g/mol. The molecule has 0 N–H and O–H groups in total. The minimum absolute atomic E-state index is 1.13. The molecule has 1 nitrogen and oxygen atoms in total. The Balaban J connectivity index is 2.47. The Morgan fingerprint density at radius 2 is 2.56 bits per heavy atom. The van der Waals surface area contributed by atoms with Gasteiger partial charge >= 0.3 is 0 Å². The summed E-state index contributed by atoms with van der Waals surface area (Å²) < 4.78 is 3.72. The Kier molecular flexibility index (Phi) is 2.58. The fraction of sp³-hybridized carbons (Fsp3) is 0.286. The first-order valence-electron chi connectivity index (χ1n) is 2.92. The van der Waals surface area contributed by atoms with E-state index in [2.05, 4.69) is 29.3 Å². The zero-order chi connectivity index (χ0) is 6.53. The van der Waals surface area contributed by atoms with E-state index in [0.29, 0.717) is 0 Å². The van der Waals surface area contributed by atoms with E-state index >= 15 is 0 Å². The molecule has 1 aliphatic rings. The first kappa shape index (κ1) is 6.62. The van der Waals surface area contributed by atoms with Gasteiger partial charge in [-0.1, -0.05) is 18.2 Å². The Labute approximate surface area is 59.7 Å². The van der Waals surface area contributed by atoms with Crippen molar-refractivity contribution >= 4 is 18.7 Å². The van der Waals surface area contributed by atoms with Crippen LogP contribution in [0.15, 0.2) is 27.5 Å². The van der Waals surface area contributed by atoms with Crippen LogP contribution in [-0.2, 0) is 0 Å². The van der Waals surface area contributed by atoms with Crippen LogP contribution in [0.5, 0.6) is 0 Å². The summed E-state index contributed by atoms with van der Waals surface area (Å²) in [5.74, 6) is 0. The largest absolute Gasteiger partial charge is 0.228 e. The lowest BCUT2D eigenvalue weighted by Gasteiger charge is -2.02. The fourth-order valence-electron chi connectivity index (χ4n) is 0.740. The van der Waals surface area contributed by atoms with Gasteiger partial charge in [0.25, 0.3) is 0 Å². The molecule has 0 aromatic carbocycles. The predicted molar refractivity (Wildman–Crippen MR) is 43.6 cm³/mol. The van der Waals surface area contributed by atoms with Gasteiger partial charge in [-0.25, -0.2) is 4.40 Å². The van der Waals surface area contributed by atoms with Crippen LogP contribution in [0.3, 0.4) is 0 Å². The number of nitrogens with zero attached hydrogens (tertiary/aromatic N) is 1. The van der Waals surface area contributed by atoms with Crippen molar-refractivity contribution in [2.45, 2.75) is 12.8 Å². The minimum atomic E-state index is 1.13. The Bertz CT molecular complexity index is 158. The lowest BCUT2D eigenvalue weighted by molar-refractivity contribution is 1.02. The van der Waals surface area contributed by atoms with Gasteiger partial charge < -0.3 is 0 Å². The second-order valence-electron chi connectivity index (χ2n) is 1.82. The topological polar surface area (TPSA) is 12.4 Å². The van der Waals surface area contributed by atoms with Crippen molar-refractivity contribution in [2.75, 3.05) is 0 Å². The van der Waals surface area contributed by atoms with E-state index in [0.717, 1.165) is 12.8 Å². The highest BCUT2D eigenvalue weighted by atomic mass is 32.2. The van der Waals surface area contributed by atoms with Crippen molar-refractivity contribution in [2.24, 2.45) is 4.40 Å². The molecule has 0 spiro atoms. The zero-order valence-electron chi connectivity index (χ0n) is 5.21. The molecule has 2 heteroatoms. The van der Waals surface area contributed by atoms with E-state index in [-0.39, 0.29) is 0 Å². The smallest absolute Gasteiger partial charge is 0.00833 e. The molecule has 0 unspecified atom stereocenters. The van der Waals surface area contributed by atoms with Crippen LogP contribution >= 0.6 is 11.9 Å². The summed E-state index contributed by atoms with van der Waals surface area (Å²) in [6, 6.07) is 0. The maximum atomic E-state index is 3.72. The first-order valence-corrected chi connectivity index (χ1v) is 3.69. The van der Waals surface area contributed by atoms with Gasteiger partial charge in [0.2, 0.25) is 0 Å². The highest BCUT2D eigenvalue weighted by Crippen LogP contribution is 2.23. The maximum absolute atomic E-state index is 3.72. The Morgan fingerprint density at radius 1 is 1.67 bits per heavy atom. The van der Waals surface area contributed by atoms with Crippen LogP contribution in [-0.4, -0.2) is 6.72 Å². The molecule has 0 aliphatic heterocycles. The van der Waals surface area contributed by atoms with Crippen molar-refractivity contribution in [3.8, 4) is 0 Å². The molecular formula is C7H9NS. The predicted octanol–water partition coefficient (Wildman–Crippen LogP) is 2.57. The van der Waals surface area contributed by atoms with Gasteiger partial charge in [0.15, 0.2) is 0 Å². The summed E-state index contributed by atoms with van der Waals surface area (Å²) in [6.45, 7) is 3.40. The van der Waals surface area contributed by atoms with Gasteiger partial charge in [-0.3, -0.25) is 0 Å². The molecule has 0 aromatic rings. The van der Waals surface area contributed by atoms with Crippen molar-refractivity contribution in [3.63, 3.8) is 0 Å². The number of allylic oxidation sites excluding steroid dienone is 4. The molecule has 48 valence electrons. The zero-order valence-corrected chi connectivity index (χ0v) is 6.03. The van der Waals surface area contributed by atoms with Gasteiger partial charge in [-0.15, -0.1) is 0 Å². The Morgan fingerprint density at radius 3 is 3.11 bits per heavy atom. The van der Waals surface area contributed by atoms with Gasteiger partial charge in [0.1, 0.15) is 0 Å². The summed E-state index contributed by atoms with van der Waals surface area (Å²) in [5.41, 5.74) is 0. The molecule has 1 aliphatic carbocycles. The second kappa shape index (κ2) is 3.51. The minimum Gasteiger partial charge on any atom is -0.228 e. The third kappa shape index (κ3) is 2.06. The van der Waals surface area contributed by atoms with Crippen molar-refractivity contribution < 1.29 is 0 Å². The van der Waals surface area contributed by atoms with Gasteiger partial charge in [0.05, 0.1) is 0 Å². The van der Waals surface area contributed by atoms with Gasteiger partial charge in [-0.2, -0.15) is 0 Å². The van der Waals surface area contributed by atoms with Crippen LogP contribution in [0, 0.1) is 0 Å². The van der Waals surface area contributed by atoms with Gasteiger partial charge in [0, 0.05) is 16.9 Å². The molecule has 0 atom stereocenters.